The van der Waals surface area contributed by atoms with Crippen molar-refractivity contribution in [3.8, 4) is 0 Å². The first-order valence-corrected chi connectivity index (χ1v) is 7.27. The Labute approximate surface area is 120 Å². The van der Waals surface area contributed by atoms with E-state index < -0.39 is 0 Å². The minimum Gasteiger partial charge on any atom is -0.303 e. The SMILES string of the molecule is CCCC(N[C@@H](C)c1cccc(F)c1)c1ccccc1. The summed E-state index contributed by atoms with van der Waals surface area (Å²) in [4.78, 5) is 0. The highest BCUT2D eigenvalue weighted by Crippen LogP contribution is 2.23. The highest BCUT2D eigenvalue weighted by atomic mass is 19.1. The van der Waals surface area contributed by atoms with E-state index >= 15 is 0 Å². The molecule has 0 heterocycles. The van der Waals surface area contributed by atoms with E-state index in [-0.39, 0.29) is 11.9 Å². The molecule has 0 spiro atoms. The standard InChI is InChI=1S/C18H22FN/c1-3-8-18(15-9-5-4-6-10-15)20-14(2)16-11-7-12-17(19)13-16/h4-7,9-14,18,20H,3,8H2,1-2H3/t14-,18?/m0/s1. The molecule has 2 heteroatoms. The third-order valence-corrected chi connectivity index (χ3v) is 3.58. The van der Waals surface area contributed by atoms with Gasteiger partial charge in [0.2, 0.25) is 0 Å². The topological polar surface area (TPSA) is 12.0 Å². The molecule has 0 saturated carbocycles. The summed E-state index contributed by atoms with van der Waals surface area (Å²) in [6.45, 7) is 4.27. The summed E-state index contributed by atoms with van der Waals surface area (Å²) in [6, 6.07) is 17.7. The summed E-state index contributed by atoms with van der Waals surface area (Å²) < 4.78 is 13.3. The maximum absolute atomic E-state index is 13.3. The molecule has 106 valence electrons. The van der Waals surface area contributed by atoms with Crippen LogP contribution in [0.2, 0.25) is 0 Å². The van der Waals surface area contributed by atoms with Gasteiger partial charge in [-0.2, -0.15) is 0 Å². The van der Waals surface area contributed by atoms with E-state index in [0.717, 1.165) is 18.4 Å². The highest BCUT2D eigenvalue weighted by molar-refractivity contribution is 5.22. The van der Waals surface area contributed by atoms with Gasteiger partial charge in [-0.25, -0.2) is 4.39 Å². The molecule has 2 rings (SSSR count). The number of hydrogen-bond donors (Lipinski definition) is 1. The van der Waals surface area contributed by atoms with E-state index in [9.17, 15) is 4.39 Å². The van der Waals surface area contributed by atoms with Crippen LogP contribution in [0.5, 0.6) is 0 Å². The van der Waals surface area contributed by atoms with Gasteiger partial charge >= 0.3 is 0 Å². The zero-order chi connectivity index (χ0) is 14.4. The van der Waals surface area contributed by atoms with Crippen molar-refractivity contribution in [2.75, 3.05) is 0 Å². The van der Waals surface area contributed by atoms with Gasteiger partial charge in [-0.3, -0.25) is 0 Å². The summed E-state index contributed by atoms with van der Waals surface area (Å²) in [5.74, 6) is -0.178. The van der Waals surface area contributed by atoms with E-state index in [1.807, 2.05) is 12.1 Å². The highest BCUT2D eigenvalue weighted by Gasteiger charge is 2.14. The molecule has 0 radical (unpaired) electrons. The molecule has 0 aliphatic carbocycles. The Hall–Kier alpha value is -1.67. The molecule has 20 heavy (non-hydrogen) atoms. The molecule has 1 N–H and O–H groups in total. The molecular formula is C18H22FN. The van der Waals surface area contributed by atoms with Gasteiger partial charge in [-0.05, 0) is 36.6 Å². The lowest BCUT2D eigenvalue weighted by atomic mass is 9.99. The fraction of sp³-hybridized carbons (Fsp3) is 0.333. The Morgan fingerprint density at radius 2 is 1.70 bits per heavy atom. The van der Waals surface area contributed by atoms with Crippen molar-refractivity contribution in [2.24, 2.45) is 0 Å². The molecule has 2 aromatic rings. The van der Waals surface area contributed by atoms with E-state index in [2.05, 4.69) is 43.4 Å². The zero-order valence-electron chi connectivity index (χ0n) is 12.1. The first-order chi connectivity index (χ1) is 9.70. The molecule has 1 nitrogen and oxygen atoms in total. The third kappa shape index (κ3) is 3.91. The summed E-state index contributed by atoms with van der Waals surface area (Å²) in [6.07, 6.45) is 2.19. The molecule has 0 saturated heterocycles. The number of hydrogen-bond acceptors (Lipinski definition) is 1. The second-order valence-electron chi connectivity index (χ2n) is 5.20. The van der Waals surface area contributed by atoms with Gasteiger partial charge in [0.1, 0.15) is 5.82 Å². The average molecular weight is 271 g/mol. The second-order valence-corrected chi connectivity index (χ2v) is 5.20. The van der Waals surface area contributed by atoms with Crippen LogP contribution in [0.1, 0.15) is 49.9 Å². The van der Waals surface area contributed by atoms with Crippen LogP contribution >= 0.6 is 0 Å². The maximum Gasteiger partial charge on any atom is 0.123 e. The van der Waals surface area contributed by atoms with Gasteiger partial charge in [0, 0.05) is 12.1 Å². The molecule has 0 aliphatic heterocycles. The maximum atomic E-state index is 13.3. The predicted octanol–water partition coefficient (Wildman–Crippen LogP) is 5.02. The third-order valence-electron chi connectivity index (χ3n) is 3.58. The van der Waals surface area contributed by atoms with E-state index in [4.69, 9.17) is 0 Å². The minimum atomic E-state index is -0.178. The molecule has 0 aliphatic rings. The number of rotatable bonds is 6. The summed E-state index contributed by atoms with van der Waals surface area (Å²) >= 11 is 0. The van der Waals surface area contributed by atoms with E-state index in [1.54, 1.807) is 12.1 Å². The molecule has 0 amide bonds. The molecule has 0 bridgehead atoms. The van der Waals surface area contributed by atoms with Gasteiger partial charge in [0.05, 0.1) is 0 Å². The zero-order valence-corrected chi connectivity index (χ0v) is 12.1. The molecule has 1 unspecified atom stereocenters. The fourth-order valence-electron chi connectivity index (χ4n) is 2.49. The number of nitrogens with one attached hydrogen (secondary N) is 1. The summed E-state index contributed by atoms with van der Waals surface area (Å²) in [5.41, 5.74) is 2.28. The van der Waals surface area contributed by atoms with Crippen LogP contribution in [0, 0.1) is 5.82 Å². The van der Waals surface area contributed by atoms with Gasteiger partial charge in [-0.15, -0.1) is 0 Å². The summed E-state index contributed by atoms with van der Waals surface area (Å²) in [5, 5.41) is 3.61. The van der Waals surface area contributed by atoms with Gasteiger partial charge < -0.3 is 5.32 Å². The Morgan fingerprint density at radius 1 is 1.00 bits per heavy atom. The fourth-order valence-corrected chi connectivity index (χ4v) is 2.49. The summed E-state index contributed by atoms with van der Waals surface area (Å²) in [7, 11) is 0. The van der Waals surface area contributed by atoms with Gasteiger partial charge in [0.25, 0.3) is 0 Å². The lowest BCUT2D eigenvalue weighted by Crippen LogP contribution is -2.24. The average Bonchev–Trinajstić information content (AvgIpc) is 2.47. The Bertz CT molecular complexity index is 524. The molecule has 2 atom stereocenters. The minimum absolute atomic E-state index is 0.127. The Balaban J connectivity index is 2.12. The molecular weight excluding hydrogens is 249 g/mol. The smallest absolute Gasteiger partial charge is 0.123 e. The van der Waals surface area contributed by atoms with E-state index in [1.165, 1.54) is 11.6 Å². The molecule has 0 fully saturated rings. The lowest BCUT2D eigenvalue weighted by molar-refractivity contribution is 0.438. The van der Waals surface area contributed by atoms with Crippen LogP contribution in [-0.4, -0.2) is 0 Å². The van der Waals surface area contributed by atoms with Crippen LogP contribution < -0.4 is 5.32 Å². The van der Waals surface area contributed by atoms with Crippen molar-refractivity contribution in [3.63, 3.8) is 0 Å². The Kier molecular flexibility index (Phi) is 5.31. The van der Waals surface area contributed by atoms with Crippen LogP contribution in [0.15, 0.2) is 54.6 Å². The quantitative estimate of drug-likeness (QED) is 0.778. The first-order valence-electron chi connectivity index (χ1n) is 7.27. The normalized spacial score (nSPS) is 13.9. The second kappa shape index (κ2) is 7.20. The van der Waals surface area contributed by atoms with Crippen molar-refractivity contribution < 1.29 is 4.39 Å². The largest absolute Gasteiger partial charge is 0.303 e. The van der Waals surface area contributed by atoms with E-state index in [0.29, 0.717) is 6.04 Å². The first kappa shape index (κ1) is 14.7. The van der Waals surface area contributed by atoms with Crippen molar-refractivity contribution >= 4 is 0 Å². The van der Waals surface area contributed by atoms with Crippen molar-refractivity contribution in [1.29, 1.82) is 0 Å². The van der Waals surface area contributed by atoms with Crippen LogP contribution in [0.3, 0.4) is 0 Å². The van der Waals surface area contributed by atoms with Crippen LogP contribution in [0.4, 0.5) is 4.39 Å². The predicted molar refractivity (Wildman–Crippen MR) is 82.0 cm³/mol. The number of halogens is 1. The monoisotopic (exact) mass is 271 g/mol. The van der Waals surface area contributed by atoms with Crippen LogP contribution in [-0.2, 0) is 0 Å². The molecule has 2 aromatic carbocycles. The van der Waals surface area contributed by atoms with Crippen molar-refractivity contribution in [3.05, 3.63) is 71.5 Å². The van der Waals surface area contributed by atoms with Crippen LogP contribution in [0.25, 0.3) is 0 Å². The van der Waals surface area contributed by atoms with Gasteiger partial charge in [-0.1, -0.05) is 55.8 Å². The van der Waals surface area contributed by atoms with Gasteiger partial charge in [0.15, 0.2) is 0 Å². The van der Waals surface area contributed by atoms with Crippen molar-refractivity contribution in [1.82, 2.24) is 5.32 Å². The Morgan fingerprint density at radius 3 is 2.35 bits per heavy atom. The number of benzene rings is 2. The van der Waals surface area contributed by atoms with Crippen molar-refractivity contribution in [2.45, 2.75) is 38.8 Å². The molecule has 0 aromatic heterocycles. The lowest BCUT2D eigenvalue weighted by Gasteiger charge is -2.24.